The highest BCUT2D eigenvalue weighted by molar-refractivity contribution is 7.12. The molecule has 2 aromatic rings. The molecule has 2 amide bonds. The molecule has 6 heteroatoms. The number of carbonyl (C=O) groups is 2. The predicted octanol–water partition coefficient (Wildman–Crippen LogP) is 3.14. The van der Waals surface area contributed by atoms with Gasteiger partial charge in [0.15, 0.2) is 0 Å². The number of hydrogen-bond acceptors (Lipinski definition) is 4. The van der Waals surface area contributed by atoms with Gasteiger partial charge in [0, 0.05) is 17.8 Å². The van der Waals surface area contributed by atoms with Gasteiger partial charge in [0.1, 0.15) is 0 Å². The first kappa shape index (κ1) is 18.2. The van der Waals surface area contributed by atoms with E-state index in [4.69, 9.17) is 0 Å². The Morgan fingerprint density at radius 1 is 1.12 bits per heavy atom. The molecule has 128 valence electrons. The molecule has 0 saturated carbocycles. The van der Waals surface area contributed by atoms with E-state index in [9.17, 15) is 14.7 Å². The van der Waals surface area contributed by atoms with E-state index in [0.29, 0.717) is 29.1 Å². The van der Waals surface area contributed by atoms with Crippen LogP contribution in [0.25, 0.3) is 0 Å². The fourth-order valence-corrected chi connectivity index (χ4v) is 2.69. The van der Waals surface area contributed by atoms with E-state index in [1.54, 1.807) is 30.3 Å². The fraction of sp³-hybridized carbons (Fsp3) is 0.333. The zero-order chi connectivity index (χ0) is 17.5. The van der Waals surface area contributed by atoms with Crippen molar-refractivity contribution < 1.29 is 14.7 Å². The third-order valence-corrected chi connectivity index (χ3v) is 4.51. The van der Waals surface area contributed by atoms with Gasteiger partial charge in [0.25, 0.3) is 11.8 Å². The third-order valence-electron chi connectivity index (χ3n) is 3.65. The first-order valence-corrected chi connectivity index (χ1v) is 8.76. The minimum absolute atomic E-state index is 0.162. The molecule has 1 atom stereocenters. The molecule has 3 N–H and O–H groups in total. The number of amides is 2. The zero-order valence-electron chi connectivity index (χ0n) is 13.8. The fourth-order valence-electron chi connectivity index (χ4n) is 2.07. The van der Waals surface area contributed by atoms with Gasteiger partial charge in [-0.1, -0.05) is 19.9 Å². The standard InChI is InChI=1S/C18H22N2O3S/c1-12(2)15(21)9-10-19-17(22)13-5-7-14(8-6-13)20-18(23)16-4-3-11-24-16/h3-8,11-12,15,21H,9-10H2,1-2H3,(H,19,22)(H,20,23). The Bertz CT molecular complexity index is 666. The molecule has 24 heavy (non-hydrogen) atoms. The summed E-state index contributed by atoms with van der Waals surface area (Å²) in [7, 11) is 0. The lowest BCUT2D eigenvalue weighted by Crippen LogP contribution is -2.28. The largest absolute Gasteiger partial charge is 0.393 e. The van der Waals surface area contributed by atoms with Gasteiger partial charge in [-0.3, -0.25) is 9.59 Å². The highest BCUT2D eigenvalue weighted by Crippen LogP contribution is 2.14. The normalized spacial score (nSPS) is 12.0. The number of rotatable bonds is 7. The van der Waals surface area contributed by atoms with E-state index < -0.39 is 6.10 Å². The smallest absolute Gasteiger partial charge is 0.265 e. The van der Waals surface area contributed by atoms with Crippen molar-refractivity contribution in [3.8, 4) is 0 Å². The highest BCUT2D eigenvalue weighted by Gasteiger charge is 2.11. The van der Waals surface area contributed by atoms with Crippen LogP contribution in [-0.4, -0.2) is 29.6 Å². The third kappa shape index (κ3) is 5.18. The monoisotopic (exact) mass is 346 g/mol. The Hall–Kier alpha value is -2.18. The summed E-state index contributed by atoms with van der Waals surface area (Å²) in [5.41, 5.74) is 1.16. The number of hydrogen-bond donors (Lipinski definition) is 3. The number of nitrogens with one attached hydrogen (secondary N) is 2. The SMILES string of the molecule is CC(C)C(O)CCNC(=O)c1ccc(NC(=O)c2cccs2)cc1. The van der Waals surface area contributed by atoms with Crippen LogP contribution in [0.15, 0.2) is 41.8 Å². The Kier molecular flexibility index (Phi) is 6.52. The molecule has 1 aromatic carbocycles. The molecule has 0 spiro atoms. The summed E-state index contributed by atoms with van der Waals surface area (Å²) in [5.74, 6) is -0.180. The molecule has 0 aliphatic heterocycles. The van der Waals surface area contributed by atoms with Crippen LogP contribution in [-0.2, 0) is 0 Å². The number of anilines is 1. The van der Waals surface area contributed by atoms with Gasteiger partial charge in [-0.2, -0.15) is 0 Å². The molecule has 0 bridgehead atoms. The first-order chi connectivity index (χ1) is 11.5. The van der Waals surface area contributed by atoms with Gasteiger partial charge in [0.05, 0.1) is 11.0 Å². The van der Waals surface area contributed by atoms with Crippen LogP contribution in [0, 0.1) is 5.92 Å². The van der Waals surface area contributed by atoms with Gasteiger partial charge < -0.3 is 15.7 Å². The summed E-state index contributed by atoms with van der Waals surface area (Å²) in [6.07, 6.45) is 0.110. The summed E-state index contributed by atoms with van der Waals surface area (Å²) in [4.78, 5) is 24.6. The van der Waals surface area contributed by atoms with Gasteiger partial charge in [0.2, 0.25) is 0 Å². The molecule has 0 saturated heterocycles. The maximum Gasteiger partial charge on any atom is 0.265 e. The van der Waals surface area contributed by atoms with E-state index in [-0.39, 0.29) is 17.7 Å². The van der Waals surface area contributed by atoms with Gasteiger partial charge in [-0.25, -0.2) is 0 Å². The molecule has 1 unspecified atom stereocenters. The number of carbonyl (C=O) groups excluding carboxylic acids is 2. The molecule has 0 fully saturated rings. The van der Waals surface area contributed by atoms with Crippen molar-refractivity contribution in [3.05, 3.63) is 52.2 Å². The zero-order valence-corrected chi connectivity index (χ0v) is 14.6. The van der Waals surface area contributed by atoms with Crippen molar-refractivity contribution >= 4 is 28.8 Å². The van der Waals surface area contributed by atoms with Crippen LogP contribution < -0.4 is 10.6 Å². The molecular formula is C18H22N2O3S. The van der Waals surface area contributed by atoms with Crippen LogP contribution in [0.3, 0.4) is 0 Å². The van der Waals surface area contributed by atoms with Crippen molar-refractivity contribution in [2.75, 3.05) is 11.9 Å². The summed E-state index contributed by atoms with van der Waals surface area (Å²) >= 11 is 1.38. The number of benzene rings is 1. The lowest BCUT2D eigenvalue weighted by Gasteiger charge is -2.14. The van der Waals surface area contributed by atoms with E-state index >= 15 is 0 Å². The molecule has 0 radical (unpaired) electrons. The van der Waals surface area contributed by atoms with Crippen LogP contribution in [0.5, 0.6) is 0 Å². The highest BCUT2D eigenvalue weighted by atomic mass is 32.1. The van der Waals surface area contributed by atoms with E-state index in [2.05, 4.69) is 10.6 Å². The molecule has 0 aliphatic rings. The molecular weight excluding hydrogens is 324 g/mol. The van der Waals surface area contributed by atoms with E-state index in [1.807, 2.05) is 25.3 Å². The Labute approximate surface area is 145 Å². The van der Waals surface area contributed by atoms with Gasteiger partial charge >= 0.3 is 0 Å². The van der Waals surface area contributed by atoms with Crippen LogP contribution in [0.2, 0.25) is 0 Å². The second-order valence-corrected chi connectivity index (χ2v) is 6.81. The van der Waals surface area contributed by atoms with Crippen molar-refractivity contribution in [1.82, 2.24) is 5.32 Å². The van der Waals surface area contributed by atoms with Crippen LogP contribution in [0.4, 0.5) is 5.69 Å². The number of aliphatic hydroxyl groups excluding tert-OH is 1. The second-order valence-electron chi connectivity index (χ2n) is 5.86. The maximum atomic E-state index is 12.0. The van der Waals surface area contributed by atoms with E-state index in [1.165, 1.54) is 11.3 Å². The summed E-state index contributed by atoms with van der Waals surface area (Å²) < 4.78 is 0. The minimum atomic E-state index is -0.417. The quantitative estimate of drug-likeness (QED) is 0.721. The summed E-state index contributed by atoms with van der Waals surface area (Å²) in [6, 6.07) is 10.3. The summed E-state index contributed by atoms with van der Waals surface area (Å²) in [6.45, 7) is 4.31. The average molecular weight is 346 g/mol. The molecule has 0 aliphatic carbocycles. The van der Waals surface area contributed by atoms with Crippen molar-refractivity contribution in [1.29, 1.82) is 0 Å². The lowest BCUT2D eigenvalue weighted by atomic mass is 10.0. The van der Waals surface area contributed by atoms with Gasteiger partial charge in [-0.05, 0) is 48.1 Å². The second kappa shape index (κ2) is 8.61. The number of thiophene rings is 1. The van der Waals surface area contributed by atoms with Crippen LogP contribution in [0.1, 0.15) is 40.3 Å². The Balaban J connectivity index is 1.85. The average Bonchev–Trinajstić information content (AvgIpc) is 3.09. The van der Waals surface area contributed by atoms with E-state index in [0.717, 1.165) is 0 Å². The van der Waals surface area contributed by atoms with Crippen LogP contribution >= 0.6 is 11.3 Å². The minimum Gasteiger partial charge on any atom is -0.393 e. The van der Waals surface area contributed by atoms with Crippen molar-refractivity contribution in [3.63, 3.8) is 0 Å². The molecule has 5 nitrogen and oxygen atoms in total. The maximum absolute atomic E-state index is 12.0. The molecule has 2 rings (SSSR count). The Morgan fingerprint density at radius 2 is 1.83 bits per heavy atom. The number of aliphatic hydroxyl groups is 1. The molecule has 1 heterocycles. The van der Waals surface area contributed by atoms with Crippen molar-refractivity contribution in [2.45, 2.75) is 26.4 Å². The predicted molar refractivity (Wildman–Crippen MR) is 96.5 cm³/mol. The lowest BCUT2D eigenvalue weighted by molar-refractivity contribution is 0.0919. The first-order valence-electron chi connectivity index (χ1n) is 7.88. The summed E-state index contributed by atoms with van der Waals surface area (Å²) in [5, 5.41) is 17.1. The van der Waals surface area contributed by atoms with Crippen molar-refractivity contribution in [2.24, 2.45) is 5.92 Å². The molecule has 1 aromatic heterocycles. The Morgan fingerprint density at radius 3 is 2.42 bits per heavy atom. The topological polar surface area (TPSA) is 78.4 Å². The van der Waals surface area contributed by atoms with Gasteiger partial charge in [-0.15, -0.1) is 11.3 Å².